The third-order valence-electron chi connectivity index (χ3n) is 6.51. The molecule has 1 aromatic heterocycles. The van der Waals surface area contributed by atoms with E-state index in [-0.39, 0.29) is 11.3 Å². The summed E-state index contributed by atoms with van der Waals surface area (Å²) >= 11 is 1.30. The Kier molecular flexibility index (Phi) is 6.69. The number of anilines is 1. The molecule has 8 nitrogen and oxygen atoms in total. The molecule has 4 aromatic rings. The number of fused-ring (bicyclic) bond motifs is 1. The second-order valence-electron chi connectivity index (χ2n) is 8.66. The van der Waals surface area contributed by atoms with Gasteiger partial charge in [-0.25, -0.2) is 9.78 Å². The summed E-state index contributed by atoms with van der Waals surface area (Å²) in [5, 5.41) is 11.6. The number of hydrogen-bond acceptors (Lipinski definition) is 8. The Labute approximate surface area is 222 Å². The van der Waals surface area contributed by atoms with Crippen LogP contribution in [0.4, 0.5) is 5.13 Å². The molecule has 0 radical (unpaired) electrons. The molecule has 1 aliphatic heterocycles. The second kappa shape index (κ2) is 10.1. The summed E-state index contributed by atoms with van der Waals surface area (Å²) < 4.78 is 10.9. The van der Waals surface area contributed by atoms with Crippen molar-refractivity contribution in [2.75, 3.05) is 19.1 Å². The third kappa shape index (κ3) is 4.31. The lowest BCUT2D eigenvalue weighted by Crippen LogP contribution is -2.29. The first-order valence-corrected chi connectivity index (χ1v) is 12.7. The van der Waals surface area contributed by atoms with Crippen molar-refractivity contribution in [1.29, 1.82) is 0 Å². The Balaban J connectivity index is 1.68. The summed E-state index contributed by atoms with van der Waals surface area (Å²) in [6.45, 7) is 2.05. The number of esters is 1. The summed E-state index contributed by atoms with van der Waals surface area (Å²) in [7, 11) is 2.82. The van der Waals surface area contributed by atoms with Gasteiger partial charge in [0.2, 0.25) is 0 Å². The average molecular weight is 529 g/mol. The maximum Gasteiger partial charge on any atom is 0.337 e. The van der Waals surface area contributed by atoms with Crippen LogP contribution in [-0.4, -0.2) is 42.0 Å². The van der Waals surface area contributed by atoms with Crippen molar-refractivity contribution in [3.8, 4) is 5.75 Å². The molecule has 192 valence electrons. The lowest BCUT2D eigenvalue weighted by atomic mass is 9.94. The number of benzene rings is 3. The van der Waals surface area contributed by atoms with E-state index in [4.69, 9.17) is 9.47 Å². The Hall–Kier alpha value is -4.50. The molecule has 1 aliphatic rings. The highest BCUT2D eigenvalue weighted by Crippen LogP contribution is 2.44. The molecule has 1 amide bonds. The van der Waals surface area contributed by atoms with Crippen LogP contribution in [0, 0.1) is 0 Å². The van der Waals surface area contributed by atoms with E-state index in [1.807, 2.05) is 18.2 Å². The molecule has 0 saturated carbocycles. The SMILES string of the molecule is CCc1ccc2nc(N3C(=O)C(=O)/C(=C(/O)c4ccc(OC)cc4)[C@@H]3c3ccc(C(=O)OC)cc3)sc2c1. The van der Waals surface area contributed by atoms with Gasteiger partial charge in [0.25, 0.3) is 5.78 Å². The molecular formula is C29H24N2O6S. The number of thiazole rings is 1. The first-order chi connectivity index (χ1) is 18.4. The maximum atomic E-state index is 13.5. The highest BCUT2D eigenvalue weighted by molar-refractivity contribution is 7.22. The molecule has 0 spiro atoms. The van der Waals surface area contributed by atoms with Gasteiger partial charge in [-0.3, -0.25) is 14.5 Å². The van der Waals surface area contributed by atoms with E-state index in [1.165, 1.54) is 30.5 Å². The summed E-state index contributed by atoms with van der Waals surface area (Å²) in [6.07, 6.45) is 0.849. The molecule has 0 bridgehead atoms. The fraction of sp³-hybridized carbons (Fsp3) is 0.172. The number of aromatic nitrogens is 1. The molecular weight excluding hydrogens is 504 g/mol. The number of carbonyl (C=O) groups is 3. The monoisotopic (exact) mass is 528 g/mol. The van der Waals surface area contributed by atoms with Crippen LogP contribution in [0.5, 0.6) is 5.75 Å². The Bertz CT molecular complexity index is 1590. The van der Waals surface area contributed by atoms with E-state index in [0.717, 1.165) is 16.7 Å². The molecule has 2 heterocycles. The Morgan fingerprint density at radius 3 is 2.32 bits per heavy atom. The van der Waals surface area contributed by atoms with Gasteiger partial charge in [0.15, 0.2) is 5.13 Å². The number of aryl methyl sites for hydroxylation is 1. The normalized spacial score (nSPS) is 16.7. The number of ether oxygens (including phenoxy) is 2. The largest absolute Gasteiger partial charge is 0.507 e. The predicted octanol–water partition coefficient (Wildman–Crippen LogP) is 5.28. The fourth-order valence-electron chi connectivity index (χ4n) is 4.45. The Morgan fingerprint density at radius 1 is 1.00 bits per heavy atom. The van der Waals surface area contributed by atoms with Crippen molar-refractivity contribution in [2.24, 2.45) is 0 Å². The number of nitrogens with zero attached hydrogens (tertiary/aromatic N) is 2. The van der Waals surface area contributed by atoms with Crippen LogP contribution in [0.25, 0.3) is 16.0 Å². The van der Waals surface area contributed by atoms with Gasteiger partial charge in [0.05, 0.1) is 41.6 Å². The highest BCUT2D eigenvalue weighted by atomic mass is 32.1. The van der Waals surface area contributed by atoms with Crippen molar-refractivity contribution in [1.82, 2.24) is 4.98 Å². The van der Waals surface area contributed by atoms with E-state index in [1.54, 1.807) is 48.5 Å². The smallest absolute Gasteiger partial charge is 0.337 e. The van der Waals surface area contributed by atoms with E-state index < -0.39 is 23.7 Å². The van der Waals surface area contributed by atoms with Crippen LogP contribution in [0.2, 0.25) is 0 Å². The second-order valence-corrected chi connectivity index (χ2v) is 9.67. The average Bonchev–Trinajstić information content (AvgIpc) is 3.49. The minimum Gasteiger partial charge on any atom is -0.507 e. The van der Waals surface area contributed by atoms with Crippen LogP contribution in [0.1, 0.15) is 40.0 Å². The number of ketones is 1. The predicted molar refractivity (Wildman–Crippen MR) is 145 cm³/mol. The van der Waals surface area contributed by atoms with Crippen LogP contribution in [0.3, 0.4) is 0 Å². The Morgan fingerprint density at radius 2 is 1.68 bits per heavy atom. The van der Waals surface area contributed by atoms with Crippen molar-refractivity contribution >= 4 is 50.1 Å². The highest BCUT2D eigenvalue weighted by Gasteiger charge is 2.48. The number of carbonyl (C=O) groups excluding carboxylic acids is 3. The first kappa shape index (κ1) is 25.2. The van der Waals surface area contributed by atoms with Gasteiger partial charge in [0, 0.05) is 5.56 Å². The zero-order chi connectivity index (χ0) is 27.0. The van der Waals surface area contributed by atoms with Gasteiger partial charge >= 0.3 is 11.9 Å². The molecule has 1 fully saturated rings. The quantitative estimate of drug-likeness (QED) is 0.157. The van der Waals surface area contributed by atoms with E-state index >= 15 is 0 Å². The topological polar surface area (TPSA) is 106 Å². The number of rotatable bonds is 6. The molecule has 3 aromatic carbocycles. The first-order valence-electron chi connectivity index (χ1n) is 11.9. The van der Waals surface area contributed by atoms with Gasteiger partial charge in [-0.1, -0.05) is 36.5 Å². The van der Waals surface area contributed by atoms with Gasteiger partial charge in [0.1, 0.15) is 11.5 Å². The fourth-order valence-corrected chi connectivity index (χ4v) is 5.50. The van der Waals surface area contributed by atoms with Gasteiger partial charge in [-0.15, -0.1) is 0 Å². The van der Waals surface area contributed by atoms with Gasteiger partial charge in [-0.05, 0) is 66.1 Å². The molecule has 9 heteroatoms. The third-order valence-corrected chi connectivity index (χ3v) is 7.53. The number of aliphatic hydroxyl groups excluding tert-OH is 1. The molecule has 1 atom stereocenters. The minimum absolute atomic E-state index is 0.0699. The molecule has 1 N–H and O–H groups in total. The maximum absolute atomic E-state index is 13.5. The standard InChI is InChI=1S/C29H24N2O6S/c1-4-16-5-14-21-22(15-16)38-29(30-21)31-24(17-6-8-19(9-7-17)28(35)37-3)23(26(33)27(31)34)25(32)18-10-12-20(36-2)13-11-18/h5-15,24,32H,4H2,1-3H3/b25-23+/t24-/m0/s1. The van der Waals surface area contributed by atoms with Crippen LogP contribution >= 0.6 is 11.3 Å². The van der Waals surface area contributed by atoms with E-state index in [9.17, 15) is 19.5 Å². The number of hydrogen-bond donors (Lipinski definition) is 1. The van der Waals surface area contributed by atoms with Gasteiger partial charge in [-0.2, -0.15) is 0 Å². The molecule has 38 heavy (non-hydrogen) atoms. The lowest BCUT2D eigenvalue weighted by molar-refractivity contribution is -0.132. The summed E-state index contributed by atoms with van der Waals surface area (Å²) in [6, 6.07) is 17.9. The van der Waals surface area contributed by atoms with E-state index in [2.05, 4.69) is 11.9 Å². The van der Waals surface area contributed by atoms with Crippen molar-refractivity contribution in [2.45, 2.75) is 19.4 Å². The molecule has 0 unspecified atom stereocenters. The molecule has 5 rings (SSSR count). The van der Waals surface area contributed by atoms with Crippen molar-refractivity contribution in [3.05, 3.63) is 94.6 Å². The molecule has 1 saturated heterocycles. The lowest BCUT2D eigenvalue weighted by Gasteiger charge is -2.23. The summed E-state index contributed by atoms with van der Waals surface area (Å²) in [4.78, 5) is 44.8. The van der Waals surface area contributed by atoms with Crippen LogP contribution in [-0.2, 0) is 20.7 Å². The van der Waals surface area contributed by atoms with Crippen molar-refractivity contribution in [3.63, 3.8) is 0 Å². The molecule has 0 aliphatic carbocycles. The zero-order valence-electron chi connectivity index (χ0n) is 20.9. The van der Waals surface area contributed by atoms with Crippen LogP contribution in [0.15, 0.2) is 72.3 Å². The minimum atomic E-state index is -0.963. The number of aliphatic hydroxyl groups is 1. The van der Waals surface area contributed by atoms with E-state index in [0.29, 0.717) is 33.1 Å². The number of methoxy groups -OCH3 is 2. The van der Waals surface area contributed by atoms with Crippen LogP contribution < -0.4 is 9.64 Å². The number of Topliss-reactive ketones (excluding diaryl/α,β-unsaturated/α-hetero) is 1. The van der Waals surface area contributed by atoms with Crippen molar-refractivity contribution < 1.29 is 29.0 Å². The van der Waals surface area contributed by atoms with Gasteiger partial charge < -0.3 is 14.6 Å². The zero-order valence-corrected chi connectivity index (χ0v) is 21.7. The summed E-state index contributed by atoms with van der Waals surface area (Å²) in [5.74, 6) is -1.87. The summed E-state index contributed by atoms with van der Waals surface area (Å²) in [5.41, 5.74) is 2.97. The number of amides is 1.